The minimum absolute atomic E-state index is 0.357. The molecule has 2 heteroatoms. The van der Waals surface area contributed by atoms with Crippen molar-refractivity contribution in [2.45, 2.75) is 49.7 Å². The largest absolute Gasteiger partial charge is 0.489 e. The average Bonchev–Trinajstić information content (AvgIpc) is 2.38. The van der Waals surface area contributed by atoms with Gasteiger partial charge in [-0.15, -0.1) is 0 Å². The first kappa shape index (κ1) is 9.85. The third-order valence-electron chi connectivity index (χ3n) is 5.95. The maximum Gasteiger partial charge on any atom is 0.120 e. The molecule has 1 saturated carbocycles. The molecule has 1 saturated heterocycles. The van der Waals surface area contributed by atoms with E-state index in [9.17, 15) is 0 Å². The van der Waals surface area contributed by atoms with Crippen LogP contribution in [0, 0.1) is 5.92 Å². The van der Waals surface area contributed by atoms with E-state index < -0.39 is 0 Å². The molecule has 1 unspecified atom stereocenters. The summed E-state index contributed by atoms with van der Waals surface area (Å²) in [6.07, 6.45) is 6.95. The summed E-state index contributed by atoms with van der Waals surface area (Å²) in [5.74, 6) is 1.93. The zero-order valence-corrected chi connectivity index (χ0v) is 10.6. The maximum absolute atomic E-state index is 6.30. The van der Waals surface area contributed by atoms with Crippen molar-refractivity contribution in [2.24, 2.45) is 5.92 Å². The lowest BCUT2D eigenvalue weighted by Gasteiger charge is -2.60. The van der Waals surface area contributed by atoms with Crippen LogP contribution in [0.2, 0.25) is 0 Å². The molecule has 1 aromatic carbocycles. The first-order chi connectivity index (χ1) is 8.88. The first-order valence-corrected chi connectivity index (χ1v) is 7.41. The zero-order valence-electron chi connectivity index (χ0n) is 10.6. The predicted molar refractivity (Wildman–Crippen MR) is 70.0 cm³/mol. The van der Waals surface area contributed by atoms with E-state index in [0.29, 0.717) is 17.6 Å². The highest BCUT2D eigenvalue weighted by atomic mass is 16.5. The van der Waals surface area contributed by atoms with Crippen LogP contribution in [-0.2, 0) is 11.8 Å². The number of nitrogens with one attached hydrogen (secondary N) is 1. The lowest BCUT2D eigenvalue weighted by atomic mass is 9.51. The summed E-state index contributed by atoms with van der Waals surface area (Å²) in [6.45, 7) is 1.17. The van der Waals surface area contributed by atoms with E-state index in [-0.39, 0.29) is 0 Å². The van der Waals surface area contributed by atoms with Gasteiger partial charge in [0, 0.05) is 11.5 Å². The van der Waals surface area contributed by atoms with Gasteiger partial charge in [0.05, 0.1) is 0 Å². The van der Waals surface area contributed by atoms with Crippen LogP contribution >= 0.6 is 0 Å². The summed E-state index contributed by atoms with van der Waals surface area (Å²) < 4.78 is 6.30. The van der Waals surface area contributed by atoms with E-state index >= 15 is 0 Å². The topological polar surface area (TPSA) is 21.3 Å². The highest BCUT2D eigenvalue weighted by Gasteiger charge is 2.58. The van der Waals surface area contributed by atoms with Gasteiger partial charge in [-0.3, -0.25) is 0 Å². The Kier molecular flexibility index (Phi) is 1.70. The van der Waals surface area contributed by atoms with Crippen molar-refractivity contribution in [3.8, 4) is 5.75 Å². The molecule has 0 aromatic heterocycles. The van der Waals surface area contributed by atoms with Gasteiger partial charge in [-0.05, 0) is 67.8 Å². The molecule has 4 aliphatic rings. The van der Waals surface area contributed by atoms with Gasteiger partial charge in [0.2, 0.25) is 0 Å². The van der Waals surface area contributed by atoms with Crippen LogP contribution < -0.4 is 10.1 Å². The Morgan fingerprint density at radius 1 is 1.28 bits per heavy atom. The van der Waals surface area contributed by atoms with Gasteiger partial charge in [0.25, 0.3) is 0 Å². The molecule has 4 bridgehead atoms. The molecule has 18 heavy (non-hydrogen) atoms. The summed E-state index contributed by atoms with van der Waals surface area (Å²) in [5.41, 5.74) is 3.59. The van der Waals surface area contributed by atoms with E-state index in [1.165, 1.54) is 38.6 Å². The van der Waals surface area contributed by atoms with Gasteiger partial charge >= 0.3 is 0 Å². The standard InChI is InChI=1S/C16H19NO/c1-2-12-14-8-10-4-5-11-9-13(10)16(12,6-7-17-14)15(3-1)18-11/h4-5,9,12,14-15,17H,1-3,6-8H2/t12-,14+,15?,16-/m0/s1. The number of benzene rings is 1. The first-order valence-electron chi connectivity index (χ1n) is 7.41. The summed E-state index contributed by atoms with van der Waals surface area (Å²) in [5, 5.41) is 3.77. The smallest absolute Gasteiger partial charge is 0.120 e. The second-order valence-electron chi connectivity index (χ2n) is 6.52. The summed E-state index contributed by atoms with van der Waals surface area (Å²) in [7, 11) is 0. The highest BCUT2D eigenvalue weighted by molar-refractivity contribution is 5.49. The van der Waals surface area contributed by atoms with E-state index in [1.54, 1.807) is 11.1 Å². The van der Waals surface area contributed by atoms with Gasteiger partial charge in [-0.2, -0.15) is 0 Å². The van der Waals surface area contributed by atoms with Crippen LogP contribution in [0.4, 0.5) is 0 Å². The van der Waals surface area contributed by atoms with Crippen LogP contribution in [0.5, 0.6) is 5.75 Å². The SMILES string of the molecule is c1cc2c3cc1OC1CCC[C@H]4[C@@H](C2)NCC[C@]314. The molecular weight excluding hydrogens is 222 g/mol. The number of hydrogen-bond donors (Lipinski definition) is 1. The van der Waals surface area contributed by atoms with E-state index in [1.807, 2.05) is 0 Å². The molecule has 94 valence electrons. The second-order valence-corrected chi connectivity index (χ2v) is 6.52. The van der Waals surface area contributed by atoms with Gasteiger partial charge in [0.15, 0.2) is 0 Å². The molecule has 1 N–H and O–H groups in total. The molecule has 2 aliphatic heterocycles. The third kappa shape index (κ3) is 0.969. The molecule has 1 spiro atoms. The van der Waals surface area contributed by atoms with Crippen molar-refractivity contribution in [2.75, 3.05) is 6.54 Å². The minimum atomic E-state index is 0.357. The lowest BCUT2D eigenvalue weighted by Crippen LogP contribution is -2.66. The Labute approximate surface area is 108 Å². The Bertz CT molecular complexity index is 526. The van der Waals surface area contributed by atoms with Crippen LogP contribution in [0.1, 0.15) is 36.8 Å². The fraction of sp³-hybridized carbons (Fsp3) is 0.625. The number of piperidine rings is 1. The van der Waals surface area contributed by atoms with Crippen LogP contribution in [0.3, 0.4) is 0 Å². The molecular formula is C16H19NO. The number of ether oxygens (including phenoxy) is 1. The third-order valence-corrected chi connectivity index (χ3v) is 5.95. The van der Waals surface area contributed by atoms with Crippen molar-refractivity contribution in [1.29, 1.82) is 0 Å². The Balaban J connectivity index is 1.82. The minimum Gasteiger partial charge on any atom is -0.489 e. The van der Waals surface area contributed by atoms with Crippen molar-refractivity contribution >= 4 is 0 Å². The molecule has 1 aromatic rings. The maximum atomic E-state index is 6.30. The second kappa shape index (κ2) is 3.11. The fourth-order valence-corrected chi connectivity index (χ4v) is 5.32. The molecule has 2 nitrogen and oxygen atoms in total. The Morgan fingerprint density at radius 2 is 2.28 bits per heavy atom. The van der Waals surface area contributed by atoms with Gasteiger partial charge in [0.1, 0.15) is 11.9 Å². The number of rotatable bonds is 0. The molecule has 4 atom stereocenters. The average molecular weight is 241 g/mol. The monoisotopic (exact) mass is 241 g/mol. The fourth-order valence-electron chi connectivity index (χ4n) is 5.32. The van der Waals surface area contributed by atoms with Crippen molar-refractivity contribution < 1.29 is 4.74 Å². The summed E-state index contributed by atoms with van der Waals surface area (Å²) in [4.78, 5) is 0. The van der Waals surface area contributed by atoms with Crippen LogP contribution in [0.25, 0.3) is 0 Å². The normalized spacial score (nSPS) is 43.2. The van der Waals surface area contributed by atoms with Crippen LogP contribution in [0.15, 0.2) is 18.2 Å². The van der Waals surface area contributed by atoms with E-state index in [2.05, 4.69) is 23.5 Å². The molecule has 5 rings (SSSR count). The molecule has 2 fully saturated rings. The van der Waals surface area contributed by atoms with E-state index in [0.717, 1.165) is 11.7 Å². The van der Waals surface area contributed by atoms with Crippen molar-refractivity contribution in [3.05, 3.63) is 29.3 Å². The van der Waals surface area contributed by atoms with Crippen molar-refractivity contribution in [3.63, 3.8) is 0 Å². The number of fused-ring (bicyclic) bond motifs is 1. The molecule has 2 aliphatic carbocycles. The van der Waals surface area contributed by atoms with Crippen LogP contribution in [-0.4, -0.2) is 18.7 Å². The summed E-state index contributed by atoms with van der Waals surface area (Å²) in [6, 6.07) is 7.54. The molecule has 0 amide bonds. The van der Waals surface area contributed by atoms with Gasteiger partial charge in [-0.25, -0.2) is 0 Å². The quantitative estimate of drug-likeness (QED) is 0.753. The zero-order chi connectivity index (χ0) is 11.7. The Hall–Kier alpha value is -1.02. The Morgan fingerprint density at radius 3 is 3.28 bits per heavy atom. The van der Waals surface area contributed by atoms with Gasteiger partial charge in [-0.1, -0.05) is 6.07 Å². The highest BCUT2D eigenvalue weighted by Crippen LogP contribution is 2.57. The molecule has 0 radical (unpaired) electrons. The van der Waals surface area contributed by atoms with Gasteiger partial charge < -0.3 is 10.1 Å². The van der Waals surface area contributed by atoms with E-state index in [4.69, 9.17) is 4.74 Å². The molecule has 2 heterocycles. The lowest BCUT2D eigenvalue weighted by molar-refractivity contribution is -0.0333. The predicted octanol–water partition coefficient (Wildman–Crippen LogP) is 2.40. The van der Waals surface area contributed by atoms with Crippen molar-refractivity contribution in [1.82, 2.24) is 5.32 Å². The number of hydrogen-bond acceptors (Lipinski definition) is 2. The summed E-state index contributed by atoms with van der Waals surface area (Å²) >= 11 is 0.